The summed E-state index contributed by atoms with van der Waals surface area (Å²) in [6, 6.07) is -0.141. The van der Waals surface area contributed by atoms with Crippen molar-refractivity contribution in [3.63, 3.8) is 0 Å². The summed E-state index contributed by atoms with van der Waals surface area (Å²) in [6.07, 6.45) is 0.130. The zero-order valence-corrected chi connectivity index (χ0v) is 10.3. The van der Waals surface area contributed by atoms with Crippen LogP contribution in [-0.2, 0) is 9.53 Å². The Labute approximate surface area is 101 Å². The highest BCUT2D eigenvalue weighted by atomic mass is 16.5. The largest absolute Gasteiger partial charge is 0.481 e. The number of aliphatic carboxylic acids is 1. The van der Waals surface area contributed by atoms with Crippen molar-refractivity contribution >= 4 is 12.0 Å². The van der Waals surface area contributed by atoms with Crippen LogP contribution in [0.3, 0.4) is 0 Å². The minimum absolute atomic E-state index is 0.0603. The Kier molecular flexibility index (Phi) is 5.21. The monoisotopic (exact) mass is 244 g/mol. The smallest absolute Gasteiger partial charge is 0.317 e. The average molecular weight is 244 g/mol. The molecular formula is C11H20N2O4. The summed E-state index contributed by atoms with van der Waals surface area (Å²) in [4.78, 5) is 23.9. The third-order valence-corrected chi connectivity index (χ3v) is 2.65. The summed E-state index contributed by atoms with van der Waals surface area (Å²) in [6.45, 7) is 5.83. The van der Waals surface area contributed by atoms with Crippen LogP contribution >= 0.6 is 0 Å². The van der Waals surface area contributed by atoms with Gasteiger partial charge in [-0.05, 0) is 12.8 Å². The Hall–Kier alpha value is -1.30. The molecule has 0 aliphatic carbocycles. The second-order valence-corrected chi connectivity index (χ2v) is 4.52. The van der Waals surface area contributed by atoms with E-state index in [1.807, 2.05) is 6.92 Å². The number of urea groups is 1. The third-order valence-electron chi connectivity index (χ3n) is 2.65. The van der Waals surface area contributed by atoms with E-state index in [4.69, 9.17) is 9.84 Å². The number of amides is 2. The maximum atomic E-state index is 11.7. The minimum Gasteiger partial charge on any atom is -0.481 e. The van der Waals surface area contributed by atoms with Crippen molar-refractivity contribution in [2.24, 2.45) is 5.92 Å². The SMILES string of the molecule is CC(CNC(=O)N1CCOC(C)C1)CC(=O)O. The molecule has 0 aromatic heterocycles. The quantitative estimate of drug-likeness (QED) is 0.756. The molecule has 1 aliphatic heterocycles. The Bertz CT molecular complexity index is 283. The van der Waals surface area contributed by atoms with E-state index in [-0.39, 0.29) is 24.5 Å². The number of carboxylic acids is 1. The number of carbonyl (C=O) groups excluding carboxylic acids is 1. The van der Waals surface area contributed by atoms with Crippen molar-refractivity contribution in [3.8, 4) is 0 Å². The molecular weight excluding hydrogens is 224 g/mol. The first-order valence-electron chi connectivity index (χ1n) is 5.85. The number of hydrogen-bond acceptors (Lipinski definition) is 3. The van der Waals surface area contributed by atoms with Gasteiger partial charge in [0.25, 0.3) is 0 Å². The normalized spacial score (nSPS) is 22.0. The van der Waals surface area contributed by atoms with Gasteiger partial charge >= 0.3 is 12.0 Å². The van der Waals surface area contributed by atoms with Crippen LogP contribution in [0.1, 0.15) is 20.3 Å². The molecule has 2 atom stereocenters. The van der Waals surface area contributed by atoms with Crippen LogP contribution in [0.25, 0.3) is 0 Å². The molecule has 98 valence electrons. The van der Waals surface area contributed by atoms with Gasteiger partial charge < -0.3 is 20.1 Å². The number of nitrogens with one attached hydrogen (secondary N) is 1. The van der Waals surface area contributed by atoms with E-state index < -0.39 is 5.97 Å². The molecule has 0 saturated carbocycles. The minimum atomic E-state index is -0.841. The number of ether oxygens (including phenoxy) is 1. The van der Waals surface area contributed by atoms with Crippen molar-refractivity contribution in [1.29, 1.82) is 0 Å². The van der Waals surface area contributed by atoms with E-state index in [2.05, 4.69) is 5.32 Å². The number of carboxylic acid groups (broad SMARTS) is 1. The van der Waals surface area contributed by atoms with Crippen LogP contribution in [0.2, 0.25) is 0 Å². The first-order valence-corrected chi connectivity index (χ1v) is 5.85. The first-order chi connectivity index (χ1) is 7.99. The second-order valence-electron chi connectivity index (χ2n) is 4.52. The maximum absolute atomic E-state index is 11.7. The van der Waals surface area contributed by atoms with E-state index in [0.29, 0.717) is 26.2 Å². The van der Waals surface area contributed by atoms with Crippen molar-refractivity contribution in [2.45, 2.75) is 26.4 Å². The topological polar surface area (TPSA) is 78.9 Å². The number of carbonyl (C=O) groups is 2. The predicted molar refractivity (Wildman–Crippen MR) is 61.8 cm³/mol. The molecule has 1 saturated heterocycles. The van der Waals surface area contributed by atoms with Gasteiger partial charge in [-0.1, -0.05) is 6.92 Å². The van der Waals surface area contributed by atoms with E-state index in [9.17, 15) is 9.59 Å². The molecule has 2 unspecified atom stereocenters. The Morgan fingerprint density at radius 2 is 2.29 bits per heavy atom. The molecule has 0 bridgehead atoms. The van der Waals surface area contributed by atoms with Gasteiger partial charge in [0.15, 0.2) is 0 Å². The molecule has 6 heteroatoms. The lowest BCUT2D eigenvalue weighted by Gasteiger charge is -2.31. The van der Waals surface area contributed by atoms with Crippen LogP contribution in [0.4, 0.5) is 4.79 Å². The van der Waals surface area contributed by atoms with Crippen molar-refractivity contribution in [2.75, 3.05) is 26.2 Å². The van der Waals surface area contributed by atoms with E-state index in [1.54, 1.807) is 11.8 Å². The summed E-state index contributed by atoms with van der Waals surface area (Å²) in [5, 5.41) is 11.3. The van der Waals surface area contributed by atoms with Gasteiger partial charge in [-0.15, -0.1) is 0 Å². The molecule has 2 amide bonds. The van der Waals surface area contributed by atoms with Crippen molar-refractivity contribution in [3.05, 3.63) is 0 Å². The average Bonchev–Trinajstić information content (AvgIpc) is 2.25. The summed E-state index contributed by atoms with van der Waals surface area (Å²) < 4.78 is 5.34. The fourth-order valence-electron chi connectivity index (χ4n) is 1.75. The fourth-order valence-corrected chi connectivity index (χ4v) is 1.75. The summed E-state index contributed by atoms with van der Waals surface area (Å²) in [5.74, 6) is -0.901. The molecule has 0 spiro atoms. The van der Waals surface area contributed by atoms with Gasteiger partial charge in [0.1, 0.15) is 0 Å². The number of hydrogen-bond donors (Lipinski definition) is 2. The Morgan fingerprint density at radius 1 is 1.59 bits per heavy atom. The second kappa shape index (κ2) is 6.44. The van der Waals surface area contributed by atoms with Gasteiger partial charge in [0.05, 0.1) is 12.7 Å². The zero-order valence-electron chi connectivity index (χ0n) is 10.3. The standard InChI is InChI=1S/C11H20N2O4/c1-8(5-10(14)15)6-12-11(16)13-3-4-17-9(2)7-13/h8-9H,3-7H2,1-2H3,(H,12,16)(H,14,15). The van der Waals surface area contributed by atoms with Crippen LogP contribution < -0.4 is 5.32 Å². The van der Waals surface area contributed by atoms with Crippen LogP contribution in [0.15, 0.2) is 0 Å². The van der Waals surface area contributed by atoms with E-state index >= 15 is 0 Å². The molecule has 1 heterocycles. The molecule has 0 aromatic rings. The highest BCUT2D eigenvalue weighted by molar-refractivity contribution is 5.74. The van der Waals surface area contributed by atoms with E-state index in [1.165, 1.54) is 0 Å². The third kappa shape index (κ3) is 5.04. The lowest BCUT2D eigenvalue weighted by atomic mass is 10.1. The fraction of sp³-hybridized carbons (Fsp3) is 0.818. The van der Waals surface area contributed by atoms with Gasteiger partial charge in [-0.2, -0.15) is 0 Å². The van der Waals surface area contributed by atoms with E-state index in [0.717, 1.165) is 0 Å². The molecule has 1 fully saturated rings. The maximum Gasteiger partial charge on any atom is 0.317 e. The number of nitrogens with zero attached hydrogens (tertiary/aromatic N) is 1. The van der Waals surface area contributed by atoms with Gasteiger partial charge in [-0.25, -0.2) is 4.79 Å². The molecule has 1 rings (SSSR count). The number of rotatable bonds is 4. The Morgan fingerprint density at radius 3 is 2.88 bits per heavy atom. The lowest BCUT2D eigenvalue weighted by molar-refractivity contribution is -0.137. The van der Waals surface area contributed by atoms with Crippen molar-refractivity contribution in [1.82, 2.24) is 10.2 Å². The van der Waals surface area contributed by atoms with Gasteiger partial charge in [0.2, 0.25) is 0 Å². The summed E-state index contributed by atoms with van der Waals surface area (Å²) in [5.41, 5.74) is 0. The molecule has 17 heavy (non-hydrogen) atoms. The zero-order chi connectivity index (χ0) is 12.8. The molecule has 0 aromatic carbocycles. The van der Waals surface area contributed by atoms with Gasteiger partial charge in [-0.3, -0.25) is 4.79 Å². The molecule has 0 radical (unpaired) electrons. The summed E-state index contributed by atoms with van der Waals surface area (Å²) >= 11 is 0. The number of morpholine rings is 1. The van der Waals surface area contributed by atoms with Crippen molar-refractivity contribution < 1.29 is 19.4 Å². The molecule has 1 aliphatic rings. The van der Waals surface area contributed by atoms with Gasteiger partial charge in [0, 0.05) is 26.1 Å². The predicted octanol–water partition coefficient (Wildman–Crippen LogP) is 0.527. The van der Waals surface area contributed by atoms with Crippen LogP contribution in [0.5, 0.6) is 0 Å². The molecule has 2 N–H and O–H groups in total. The highest BCUT2D eigenvalue weighted by Gasteiger charge is 2.21. The molecule has 6 nitrogen and oxygen atoms in total. The van der Waals surface area contributed by atoms with Crippen LogP contribution in [-0.4, -0.2) is 54.4 Å². The Balaban J connectivity index is 2.26. The summed E-state index contributed by atoms with van der Waals surface area (Å²) in [7, 11) is 0. The lowest BCUT2D eigenvalue weighted by Crippen LogP contribution is -2.49. The highest BCUT2D eigenvalue weighted by Crippen LogP contribution is 2.05. The van der Waals surface area contributed by atoms with Crippen LogP contribution in [0, 0.1) is 5.92 Å². The first kappa shape index (κ1) is 13.8.